The minimum absolute atomic E-state index is 0.0550. The molecule has 3 unspecified atom stereocenters. The number of nitrogens with one attached hydrogen (secondary N) is 3. The number of carboxylic acid groups (broad SMARTS) is 2. The number of carbonyl (C=O) groups is 5. The highest BCUT2D eigenvalue weighted by atomic mass is 32.1. The van der Waals surface area contributed by atoms with Crippen LogP contribution < -0.4 is 21.7 Å². The van der Waals surface area contributed by atoms with Crippen LogP contribution in [-0.4, -0.2) is 70.3 Å². The first-order chi connectivity index (χ1) is 11.1. The molecule has 0 aliphatic heterocycles. The van der Waals surface area contributed by atoms with Crippen LogP contribution in [-0.2, 0) is 24.0 Å². The van der Waals surface area contributed by atoms with Gasteiger partial charge >= 0.3 is 11.9 Å². The van der Waals surface area contributed by atoms with Crippen molar-refractivity contribution < 1.29 is 34.2 Å². The van der Waals surface area contributed by atoms with Crippen molar-refractivity contribution in [2.75, 3.05) is 12.3 Å². The monoisotopic (exact) mass is 364 g/mol. The molecule has 3 atom stereocenters. The quantitative estimate of drug-likeness (QED) is 0.198. The maximum absolute atomic E-state index is 11.9. The first-order valence-corrected chi connectivity index (χ1v) is 7.40. The predicted octanol–water partition coefficient (Wildman–Crippen LogP) is -3.09. The van der Waals surface area contributed by atoms with Gasteiger partial charge in [0, 0.05) is 5.75 Å². The number of carboxylic acids is 2. The summed E-state index contributed by atoms with van der Waals surface area (Å²) in [5.74, 6) is -5.09. The summed E-state index contributed by atoms with van der Waals surface area (Å²) in [5, 5.41) is 23.6. The molecule has 0 aliphatic rings. The lowest BCUT2D eigenvalue weighted by Gasteiger charge is -2.20. The fourth-order valence-corrected chi connectivity index (χ4v) is 1.60. The Morgan fingerprint density at radius 3 is 2.04 bits per heavy atom. The Labute approximate surface area is 142 Å². The molecular formula is C12H20N4O7S. The zero-order valence-corrected chi connectivity index (χ0v) is 13.7. The number of carbonyl (C=O) groups excluding carboxylic acids is 3. The SMILES string of the molecule is CC(NC(=O)C(N)CS)C(=O)NC(CC(=O)O)C(=O)NCC(=O)O. The van der Waals surface area contributed by atoms with E-state index >= 15 is 0 Å². The number of hydrogen-bond donors (Lipinski definition) is 7. The van der Waals surface area contributed by atoms with Gasteiger partial charge in [0.15, 0.2) is 0 Å². The molecule has 0 saturated heterocycles. The van der Waals surface area contributed by atoms with E-state index in [0.717, 1.165) is 0 Å². The molecule has 0 saturated carbocycles. The first-order valence-electron chi connectivity index (χ1n) is 6.77. The number of amides is 3. The summed E-state index contributed by atoms with van der Waals surface area (Å²) in [5.41, 5.74) is 5.43. The molecule has 0 aromatic heterocycles. The summed E-state index contributed by atoms with van der Waals surface area (Å²) in [4.78, 5) is 56.4. The second-order valence-electron chi connectivity index (χ2n) is 4.79. The molecule has 24 heavy (non-hydrogen) atoms. The van der Waals surface area contributed by atoms with Crippen molar-refractivity contribution in [1.82, 2.24) is 16.0 Å². The van der Waals surface area contributed by atoms with Crippen molar-refractivity contribution in [2.45, 2.75) is 31.5 Å². The summed E-state index contributed by atoms with van der Waals surface area (Å²) < 4.78 is 0. The van der Waals surface area contributed by atoms with Crippen molar-refractivity contribution in [2.24, 2.45) is 5.73 Å². The molecule has 0 heterocycles. The van der Waals surface area contributed by atoms with E-state index in [1.54, 1.807) is 0 Å². The van der Waals surface area contributed by atoms with Gasteiger partial charge in [-0.05, 0) is 6.92 Å². The maximum atomic E-state index is 11.9. The lowest BCUT2D eigenvalue weighted by Crippen LogP contribution is -2.55. The topological polar surface area (TPSA) is 188 Å². The molecule has 0 aliphatic carbocycles. The van der Waals surface area contributed by atoms with Gasteiger partial charge < -0.3 is 31.9 Å². The number of nitrogens with two attached hydrogens (primary N) is 1. The van der Waals surface area contributed by atoms with Crippen LogP contribution in [0.25, 0.3) is 0 Å². The Hall–Kier alpha value is -2.34. The minimum atomic E-state index is -1.49. The van der Waals surface area contributed by atoms with Gasteiger partial charge in [-0.25, -0.2) is 0 Å². The van der Waals surface area contributed by atoms with Gasteiger partial charge in [-0.1, -0.05) is 0 Å². The Morgan fingerprint density at radius 1 is 1.00 bits per heavy atom. The number of aliphatic carboxylic acids is 2. The van der Waals surface area contributed by atoms with Gasteiger partial charge in [-0.15, -0.1) is 0 Å². The number of thiol groups is 1. The summed E-state index contributed by atoms with van der Waals surface area (Å²) >= 11 is 3.84. The molecule has 136 valence electrons. The molecule has 0 radical (unpaired) electrons. The van der Waals surface area contributed by atoms with Crippen molar-refractivity contribution >= 4 is 42.3 Å². The molecule has 11 nitrogen and oxygen atoms in total. The molecule has 0 rings (SSSR count). The summed E-state index contributed by atoms with van der Waals surface area (Å²) in [6, 6.07) is -3.52. The van der Waals surface area contributed by atoms with Gasteiger partial charge in [0.05, 0.1) is 12.5 Å². The molecule has 7 N–H and O–H groups in total. The van der Waals surface area contributed by atoms with Gasteiger partial charge in [0.25, 0.3) is 0 Å². The number of rotatable bonds is 10. The van der Waals surface area contributed by atoms with Crippen LogP contribution >= 0.6 is 12.6 Å². The summed E-state index contributed by atoms with van der Waals surface area (Å²) in [6.45, 7) is 0.583. The van der Waals surface area contributed by atoms with Crippen molar-refractivity contribution in [3.8, 4) is 0 Å². The highest BCUT2D eigenvalue weighted by Crippen LogP contribution is 1.96. The zero-order valence-electron chi connectivity index (χ0n) is 12.8. The summed E-state index contributed by atoms with van der Waals surface area (Å²) in [7, 11) is 0. The smallest absolute Gasteiger partial charge is 0.322 e. The van der Waals surface area contributed by atoms with E-state index < -0.39 is 60.8 Å². The Kier molecular flexibility index (Phi) is 9.42. The van der Waals surface area contributed by atoms with E-state index in [0.29, 0.717) is 0 Å². The summed E-state index contributed by atoms with van der Waals surface area (Å²) in [6.07, 6.45) is -0.756. The van der Waals surface area contributed by atoms with Crippen LogP contribution in [0, 0.1) is 0 Å². The largest absolute Gasteiger partial charge is 0.481 e. The highest BCUT2D eigenvalue weighted by Gasteiger charge is 2.27. The first kappa shape index (κ1) is 21.7. The normalized spacial score (nSPS) is 14.0. The van der Waals surface area contributed by atoms with E-state index in [4.69, 9.17) is 15.9 Å². The van der Waals surface area contributed by atoms with Gasteiger partial charge in [-0.3, -0.25) is 24.0 Å². The van der Waals surface area contributed by atoms with E-state index in [9.17, 15) is 24.0 Å². The van der Waals surface area contributed by atoms with E-state index in [-0.39, 0.29) is 5.75 Å². The Morgan fingerprint density at radius 2 is 1.58 bits per heavy atom. The van der Waals surface area contributed by atoms with Crippen molar-refractivity contribution in [3.05, 3.63) is 0 Å². The van der Waals surface area contributed by atoms with Crippen LogP contribution in [0.3, 0.4) is 0 Å². The lowest BCUT2D eigenvalue weighted by molar-refractivity contribution is -0.141. The average Bonchev–Trinajstić information content (AvgIpc) is 2.50. The van der Waals surface area contributed by atoms with E-state index in [1.807, 2.05) is 5.32 Å². The zero-order chi connectivity index (χ0) is 18.9. The van der Waals surface area contributed by atoms with Crippen LogP contribution in [0.1, 0.15) is 13.3 Å². The fraction of sp³-hybridized carbons (Fsp3) is 0.583. The second kappa shape index (κ2) is 10.4. The maximum Gasteiger partial charge on any atom is 0.322 e. The Bertz CT molecular complexity index is 514. The van der Waals surface area contributed by atoms with Crippen molar-refractivity contribution in [1.29, 1.82) is 0 Å². The molecule has 0 aromatic rings. The van der Waals surface area contributed by atoms with Crippen LogP contribution in [0.5, 0.6) is 0 Å². The third-order valence-corrected chi connectivity index (χ3v) is 3.10. The predicted molar refractivity (Wildman–Crippen MR) is 84.3 cm³/mol. The molecule has 12 heteroatoms. The third kappa shape index (κ3) is 8.33. The van der Waals surface area contributed by atoms with Gasteiger partial charge in [0.2, 0.25) is 17.7 Å². The lowest BCUT2D eigenvalue weighted by atomic mass is 10.1. The molecule has 3 amide bonds. The van der Waals surface area contributed by atoms with E-state index in [2.05, 4.69) is 23.3 Å². The Balaban J connectivity index is 4.79. The van der Waals surface area contributed by atoms with E-state index in [1.165, 1.54) is 6.92 Å². The fourth-order valence-electron chi connectivity index (χ4n) is 1.44. The standard InChI is InChI=1S/C12H20N4O7S/c1-5(15-11(22)6(13)4-24)10(21)16-7(2-8(17)18)12(23)14-3-9(19)20/h5-7,24H,2-4,13H2,1H3,(H,14,23)(H,15,22)(H,16,21)(H,17,18)(H,19,20). The molecule has 0 aromatic carbocycles. The second-order valence-corrected chi connectivity index (χ2v) is 5.16. The van der Waals surface area contributed by atoms with Crippen LogP contribution in [0.4, 0.5) is 0 Å². The minimum Gasteiger partial charge on any atom is -0.481 e. The molecule has 0 spiro atoms. The number of hydrogen-bond acceptors (Lipinski definition) is 7. The highest BCUT2D eigenvalue weighted by molar-refractivity contribution is 7.80. The van der Waals surface area contributed by atoms with Crippen LogP contribution in [0.15, 0.2) is 0 Å². The third-order valence-electron chi connectivity index (χ3n) is 2.71. The molecular weight excluding hydrogens is 344 g/mol. The van der Waals surface area contributed by atoms with Crippen molar-refractivity contribution in [3.63, 3.8) is 0 Å². The molecule has 0 fully saturated rings. The average molecular weight is 364 g/mol. The van der Waals surface area contributed by atoms with Gasteiger partial charge in [0.1, 0.15) is 18.6 Å². The molecule has 0 bridgehead atoms. The van der Waals surface area contributed by atoms with Gasteiger partial charge in [-0.2, -0.15) is 12.6 Å². The van der Waals surface area contributed by atoms with Crippen LogP contribution in [0.2, 0.25) is 0 Å².